The highest BCUT2D eigenvalue weighted by atomic mass is 16.1. The number of hydrogen-bond donors (Lipinski definition) is 2. The minimum atomic E-state index is 0.334. The Morgan fingerprint density at radius 2 is 1.75 bits per heavy atom. The van der Waals surface area contributed by atoms with Crippen molar-refractivity contribution in [1.82, 2.24) is 10.6 Å². The van der Waals surface area contributed by atoms with Gasteiger partial charge in [0.25, 0.3) is 0 Å². The molecule has 5 rings (SSSR count). The summed E-state index contributed by atoms with van der Waals surface area (Å²) < 4.78 is 0. The van der Waals surface area contributed by atoms with E-state index in [9.17, 15) is 4.79 Å². The van der Waals surface area contributed by atoms with Crippen LogP contribution in [0.15, 0.2) is 0 Å². The number of carbonyl (C=O) groups excluding carboxylic acids is 1. The summed E-state index contributed by atoms with van der Waals surface area (Å²) in [7, 11) is 0. The molecule has 20 heavy (non-hydrogen) atoms. The molecular formula is C17H28N2O. The van der Waals surface area contributed by atoms with Crippen LogP contribution in [-0.4, -0.2) is 25.0 Å². The maximum atomic E-state index is 12.5. The largest absolute Gasteiger partial charge is 0.352 e. The lowest BCUT2D eigenvalue weighted by atomic mass is 9.49. The minimum absolute atomic E-state index is 0.334. The smallest absolute Gasteiger partial charge is 0.220 e. The zero-order valence-electron chi connectivity index (χ0n) is 12.5. The molecule has 2 N–H and O–H groups in total. The van der Waals surface area contributed by atoms with Crippen LogP contribution in [0.2, 0.25) is 0 Å². The van der Waals surface area contributed by atoms with Gasteiger partial charge in [-0.05, 0) is 81.1 Å². The van der Waals surface area contributed by atoms with Crippen molar-refractivity contribution in [2.45, 2.75) is 63.8 Å². The normalized spacial score (nSPS) is 46.4. The maximum Gasteiger partial charge on any atom is 0.220 e. The fraction of sp³-hybridized carbons (Fsp3) is 0.941. The van der Waals surface area contributed by atoms with E-state index in [1.165, 1.54) is 44.9 Å². The van der Waals surface area contributed by atoms with Gasteiger partial charge in [0, 0.05) is 19.0 Å². The van der Waals surface area contributed by atoms with E-state index in [0.717, 1.165) is 43.7 Å². The average Bonchev–Trinajstić information content (AvgIpc) is 2.37. The van der Waals surface area contributed by atoms with Crippen molar-refractivity contribution in [3.8, 4) is 0 Å². The first-order valence-corrected chi connectivity index (χ1v) is 8.71. The first-order chi connectivity index (χ1) is 9.71. The van der Waals surface area contributed by atoms with Crippen molar-refractivity contribution < 1.29 is 4.79 Å². The molecule has 5 aliphatic rings. The molecule has 0 aromatic heterocycles. The summed E-state index contributed by atoms with van der Waals surface area (Å²) in [5.41, 5.74) is 0.390. The molecule has 0 radical (unpaired) electrons. The predicted octanol–water partition coefficient (Wildman–Crippen LogP) is 2.46. The van der Waals surface area contributed by atoms with Crippen molar-refractivity contribution >= 4 is 5.91 Å². The molecule has 1 heterocycles. The number of carbonyl (C=O) groups is 1. The van der Waals surface area contributed by atoms with Crippen LogP contribution in [0.1, 0.15) is 57.8 Å². The van der Waals surface area contributed by atoms with Crippen LogP contribution >= 0.6 is 0 Å². The zero-order chi connectivity index (χ0) is 13.6. The molecule has 4 aliphatic carbocycles. The lowest BCUT2D eigenvalue weighted by Gasteiger charge is -2.56. The highest BCUT2D eigenvalue weighted by Gasteiger charge is 2.51. The molecule has 1 atom stereocenters. The van der Waals surface area contributed by atoms with E-state index in [1.54, 1.807) is 0 Å². The summed E-state index contributed by atoms with van der Waals surface area (Å²) in [6.07, 6.45) is 11.6. The van der Waals surface area contributed by atoms with Gasteiger partial charge in [0.2, 0.25) is 5.91 Å². The van der Waals surface area contributed by atoms with Gasteiger partial charge in [-0.25, -0.2) is 0 Å². The van der Waals surface area contributed by atoms with Gasteiger partial charge >= 0.3 is 0 Å². The maximum absolute atomic E-state index is 12.5. The van der Waals surface area contributed by atoms with E-state index in [4.69, 9.17) is 0 Å². The third-order valence-electron chi connectivity index (χ3n) is 6.36. The van der Waals surface area contributed by atoms with Crippen LogP contribution in [0.3, 0.4) is 0 Å². The highest BCUT2D eigenvalue weighted by Crippen LogP contribution is 2.61. The molecular weight excluding hydrogens is 248 g/mol. The van der Waals surface area contributed by atoms with Gasteiger partial charge < -0.3 is 10.6 Å². The molecule has 112 valence electrons. The molecule has 1 saturated heterocycles. The van der Waals surface area contributed by atoms with Crippen LogP contribution in [-0.2, 0) is 4.79 Å². The van der Waals surface area contributed by atoms with Crippen LogP contribution in [0.4, 0.5) is 0 Å². The van der Waals surface area contributed by atoms with E-state index >= 15 is 0 Å². The van der Waals surface area contributed by atoms with Gasteiger partial charge in [-0.15, -0.1) is 0 Å². The van der Waals surface area contributed by atoms with Crippen LogP contribution in [0.25, 0.3) is 0 Å². The molecule has 1 amide bonds. The number of nitrogens with one attached hydrogen (secondary N) is 2. The van der Waals surface area contributed by atoms with Gasteiger partial charge in [0.15, 0.2) is 0 Å². The second kappa shape index (κ2) is 5.01. The van der Waals surface area contributed by atoms with Crippen molar-refractivity contribution in [3.63, 3.8) is 0 Å². The summed E-state index contributed by atoms with van der Waals surface area (Å²) in [4.78, 5) is 12.5. The summed E-state index contributed by atoms with van der Waals surface area (Å²) in [6, 6.07) is 0.380. The Labute approximate surface area is 122 Å². The molecule has 1 aliphatic heterocycles. The average molecular weight is 276 g/mol. The SMILES string of the molecule is O=C(CC12CC3CC(CC(C3)C1)C2)N[C@H]1CCCNC1. The van der Waals surface area contributed by atoms with Crippen molar-refractivity contribution in [3.05, 3.63) is 0 Å². The molecule has 0 aromatic carbocycles. The Morgan fingerprint density at radius 3 is 2.30 bits per heavy atom. The molecule has 3 nitrogen and oxygen atoms in total. The minimum Gasteiger partial charge on any atom is -0.352 e. The topological polar surface area (TPSA) is 41.1 Å². The van der Waals surface area contributed by atoms with Gasteiger partial charge in [0.05, 0.1) is 0 Å². The van der Waals surface area contributed by atoms with E-state index in [-0.39, 0.29) is 0 Å². The molecule has 4 bridgehead atoms. The standard InChI is InChI=1S/C17H28N2O/c20-16(19-15-2-1-3-18-11-15)10-17-7-12-4-13(8-17)6-14(5-12)9-17/h12-15,18H,1-11H2,(H,19,20)/t12?,13?,14?,15-,17?/m0/s1. The molecule has 0 aromatic rings. The van der Waals surface area contributed by atoms with Gasteiger partial charge in [-0.2, -0.15) is 0 Å². The van der Waals surface area contributed by atoms with Crippen molar-refractivity contribution in [2.24, 2.45) is 23.2 Å². The first kappa shape index (κ1) is 13.1. The highest BCUT2D eigenvalue weighted by molar-refractivity contribution is 5.77. The van der Waals surface area contributed by atoms with E-state index in [2.05, 4.69) is 10.6 Å². The first-order valence-electron chi connectivity index (χ1n) is 8.71. The Morgan fingerprint density at radius 1 is 1.10 bits per heavy atom. The quantitative estimate of drug-likeness (QED) is 0.831. The number of rotatable bonds is 3. The summed E-state index contributed by atoms with van der Waals surface area (Å²) in [5.74, 6) is 3.18. The molecule has 4 saturated carbocycles. The number of amides is 1. The summed E-state index contributed by atoms with van der Waals surface area (Å²) in [5, 5.41) is 6.68. The van der Waals surface area contributed by atoms with Crippen LogP contribution < -0.4 is 10.6 Å². The van der Waals surface area contributed by atoms with Crippen molar-refractivity contribution in [1.29, 1.82) is 0 Å². The predicted molar refractivity (Wildman–Crippen MR) is 79.3 cm³/mol. The molecule has 0 unspecified atom stereocenters. The summed E-state index contributed by atoms with van der Waals surface area (Å²) in [6.45, 7) is 2.08. The van der Waals surface area contributed by atoms with E-state index < -0.39 is 0 Å². The van der Waals surface area contributed by atoms with E-state index in [1.807, 2.05) is 0 Å². The third kappa shape index (κ3) is 2.49. The van der Waals surface area contributed by atoms with Gasteiger partial charge in [0.1, 0.15) is 0 Å². The van der Waals surface area contributed by atoms with E-state index in [0.29, 0.717) is 17.4 Å². The molecule has 0 spiro atoms. The summed E-state index contributed by atoms with van der Waals surface area (Å²) >= 11 is 0. The van der Waals surface area contributed by atoms with Crippen molar-refractivity contribution in [2.75, 3.05) is 13.1 Å². The number of piperidine rings is 1. The zero-order valence-corrected chi connectivity index (χ0v) is 12.5. The molecule has 5 fully saturated rings. The molecule has 3 heteroatoms. The fourth-order valence-electron chi connectivity index (χ4n) is 6.10. The number of hydrogen-bond acceptors (Lipinski definition) is 2. The van der Waals surface area contributed by atoms with Gasteiger partial charge in [-0.3, -0.25) is 4.79 Å². The fourth-order valence-corrected chi connectivity index (χ4v) is 6.10. The second-order valence-electron chi connectivity index (χ2n) is 8.21. The monoisotopic (exact) mass is 276 g/mol. The van der Waals surface area contributed by atoms with Gasteiger partial charge in [-0.1, -0.05) is 0 Å². The Bertz CT molecular complexity index is 351. The second-order valence-corrected chi connectivity index (χ2v) is 8.21. The lowest BCUT2D eigenvalue weighted by molar-refractivity contribution is -0.130. The van der Waals surface area contributed by atoms with Crippen LogP contribution in [0.5, 0.6) is 0 Å². The lowest BCUT2D eigenvalue weighted by Crippen LogP contribution is -2.50. The Hall–Kier alpha value is -0.570. The Kier molecular flexibility index (Phi) is 3.29. The third-order valence-corrected chi connectivity index (χ3v) is 6.36. The Balaban J connectivity index is 1.37. The van der Waals surface area contributed by atoms with Crippen LogP contribution in [0, 0.1) is 23.2 Å².